The van der Waals surface area contributed by atoms with Crippen molar-refractivity contribution in [1.82, 2.24) is 0 Å². The van der Waals surface area contributed by atoms with Crippen LogP contribution in [0.3, 0.4) is 0 Å². The summed E-state index contributed by atoms with van der Waals surface area (Å²) in [6.45, 7) is -0.00965. The number of ketones is 1. The van der Waals surface area contributed by atoms with Gasteiger partial charge in [0, 0.05) is 12.0 Å². The number of phenols is 1. The molecule has 0 spiro atoms. The molecule has 1 aliphatic rings. The van der Waals surface area contributed by atoms with Crippen molar-refractivity contribution in [3.63, 3.8) is 0 Å². The van der Waals surface area contributed by atoms with Gasteiger partial charge < -0.3 is 20.4 Å². The number of aliphatic hydroxyl groups excluding tert-OH is 1. The maximum Gasteiger partial charge on any atom is 0.342 e. The quantitative estimate of drug-likeness (QED) is 0.696. The third kappa shape index (κ3) is 5.00. The highest BCUT2D eigenvalue weighted by Gasteiger charge is 2.20. The molecule has 0 amide bonds. The third-order valence-electron chi connectivity index (χ3n) is 3.33. The number of aromatic hydroxyl groups is 1. The molecule has 0 aliphatic carbocycles. The summed E-state index contributed by atoms with van der Waals surface area (Å²) in [5, 5.41) is 19.6. The van der Waals surface area contributed by atoms with Gasteiger partial charge in [-0.3, -0.25) is 4.79 Å². The van der Waals surface area contributed by atoms with Gasteiger partial charge in [-0.2, -0.15) is 0 Å². The Bertz CT molecular complexity index is 665. The van der Waals surface area contributed by atoms with Crippen LogP contribution in [0.4, 0.5) is 4.39 Å². The van der Waals surface area contributed by atoms with Crippen LogP contribution in [0.5, 0.6) is 5.75 Å². The molecule has 7 heteroatoms. The SMILES string of the molecule is O.O=C1/C=C\CCOC(=O)c2c(O)ccc(F)c2/C=C/C[C@H](O)C1. The van der Waals surface area contributed by atoms with Crippen LogP contribution in [0, 0.1) is 5.82 Å². The van der Waals surface area contributed by atoms with Gasteiger partial charge in [0.05, 0.1) is 12.7 Å². The number of carbonyl (C=O) groups is 2. The van der Waals surface area contributed by atoms with E-state index in [0.29, 0.717) is 6.42 Å². The summed E-state index contributed by atoms with van der Waals surface area (Å²) in [6.07, 6.45) is 5.08. The summed E-state index contributed by atoms with van der Waals surface area (Å²) >= 11 is 0. The maximum absolute atomic E-state index is 14.0. The molecule has 1 aliphatic heterocycles. The number of aliphatic hydroxyl groups is 1. The lowest BCUT2D eigenvalue weighted by atomic mass is 10.0. The zero-order valence-corrected chi connectivity index (χ0v) is 12.9. The zero-order chi connectivity index (χ0) is 16.8. The summed E-state index contributed by atoms with van der Waals surface area (Å²) in [7, 11) is 0. The Kier molecular flexibility index (Phi) is 7.29. The molecule has 0 saturated carbocycles. The van der Waals surface area contributed by atoms with E-state index < -0.39 is 17.9 Å². The Morgan fingerprint density at radius 3 is 2.67 bits per heavy atom. The monoisotopic (exact) mass is 338 g/mol. The Balaban J connectivity index is 0.00000288. The molecule has 1 aromatic rings. The molecule has 0 aromatic heterocycles. The first-order valence-corrected chi connectivity index (χ1v) is 7.21. The number of fused-ring (bicyclic) bond motifs is 1. The first kappa shape index (κ1) is 19.5. The molecular weight excluding hydrogens is 319 g/mol. The Labute approximate surface area is 138 Å². The third-order valence-corrected chi connectivity index (χ3v) is 3.33. The smallest absolute Gasteiger partial charge is 0.342 e. The van der Waals surface area contributed by atoms with Crippen molar-refractivity contribution in [3.05, 3.63) is 47.3 Å². The van der Waals surface area contributed by atoms with Crippen LogP contribution < -0.4 is 0 Å². The van der Waals surface area contributed by atoms with Gasteiger partial charge in [-0.15, -0.1) is 0 Å². The minimum absolute atomic E-state index is 0. The topological polar surface area (TPSA) is 115 Å². The van der Waals surface area contributed by atoms with E-state index >= 15 is 0 Å². The molecule has 1 heterocycles. The standard InChI is InChI=1S/C17H17FO5.H2O/c18-14-7-8-15(21)16-13(14)6-3-5-12(20)10-11(19)4-1-2-9-23-17(16)22;/h1,3-4,6-8,12,20-21H,2,5,9-10H2;1H2/b4-1-,6-3+;/t12-;/m0./s1. The highest BCUT2D eigenvalue weighted by molar-refractivity contribution is 5.96. The van der Waals surface area contributed by atoms with Crippen molar-refractivity contribution in [2.45, 2.75) is 25.4 Å². The Morgan fingerprint density at radius 2 is 1.92 bits per heavy atom. The van der Waals surface area contributed by atoms with Crippen LogP contribution in [0.15, 0.2) is 30.4 Å². The van der Waals surface area contributed by atoms with E-state index in [1.807, 2.05) is 0 Å². The van der Waals surface area contributed by atoms with Crippen LogP contribution in [0.2, 0.25) is 0 Å². The molecule has 130 valence electrons. The van der Waals surface area contributed by atoms with E-state index in [4.69, 9.17) is 4.74 Å². The number of cyclic esters (lactones) is 1. The van der Waals surface area contributed by atoms with Crippen molar-refractivity contribution in [1.29, 1.82) is 0 Å². The first-order valence-electron chi connectivity index (χ1n) is 7.21. The first-order chi connectivity index (χ1) is 11.0. The minimum Gasteiger partial charge on any atom is -0.507 e. The molecule has 0 radical (unpaired) electrons. The minimum atomic E-state index is -0.901. The number of rotatable bonds is 0. The van der Waals surface area contributed by atoms with Crippen molar-refractivity contribution in [3.8, 4) is 5.75 Å². The van der Waals surface area contributed by atoms with Gasteiger partial charge in [-0.1, -0.05) is 18.2 Å². The van der Waals surface area contributed by atoms with Crippen molar-refractivity contribution >= 4 is 17.8 Å². The van der Waals surface area contributed by atoms with Gasteiger partial charge in [0.1, 0.15) is 17.1 Å². The predicted molar refractivity (Wildman–Crippen MR) is 85.0 cm³/mol. The average Bonchev–Trinajstić information content (AvgIpc) is 2.49. The Hall–Kier alpha value is -2.51. The van der Waals surface area contributed by atoms with Gasteiger partial charge >= 0.3 is 5.97 Å². The molecule has 2 rings (SSSR count). The fourth-order valence-corrected chi connectivity index (χ4v) is 2.19. The molecule has 0 bridgehead atoms. The highest BCUT2D eigenvalue weighted by atomic mass is 19.1. The van der Waals surface area contributed by atoms with Crippen LogP contribution in [-0.4, -0.2) is 40.2 Å². The molecule has 0 unspecified atom stereocenters. The van der Waals surface area contributed by atoms with Crippen LogP contribution in [0.25, 0.3) is 6.08 Å². The number of hydrogen-bond donors (Lipinski definition) is 2. The van der Waals surface area contributed by atoms with Gasteiger partial charge in [0.25, 0.3) is 0 Å². The molecule has 24 heavy (non-hydrogen) atoms. The van der Waals surface area contributed by atoms with E-state index in [1.54, 1.807) is 0 Å². The van der Waals surface area contributed by atoms with E-state index in [1.165, 1.54) is 24.3 Å². The number of allylic oxidation sites excluding steroid dienone is 1. The summed E-state index contributed by atoms with van der Waals surface area (Å²) in [4.78, 5) is 23.6. The number of esters is 1. The fraction of sp³-hybridized carbons (Fsp3) is 0.294. The predicted octanol–water partition coefficient (Wildman–Crippen LogP) is 1.55. The summed E-state index contributed by atoms with van der Waals surface area (Å²) in [6, 6.07) is 2.12. The summed E-state index contributed by atoms with van der Waals surface area (Å²) < 4.78 is 19.0. The second-order valence-electron chi connectivity index (χ2n) is 5.14. The van der Waals surface area contributed by atoms with E-state index in [-0.39, 0.29) is 47.6 Å². The van der Waals surface area contributed by atoms with Crippen molar-refractivity contribution in [2.75, 3.05) is 6.61 Å². The number of halogens is 1. The largest absolute Gasteiger partial charge is 0.507 e. The molecule has 0 saturated heterocycles. The molecule has 1 aromatic carbocycles. The lowest BCUT2D eigenvalue weighted by molar-refractivity contribution is -0.116. The van der Waals surface area contributed by atoms with Crippen molar-refractivity contribution < 1.29 is 34.4 Å². The van der Waals surface area contributed by atoms with Gasteiger partial charge in [0.15, 0.2) is 5.78 Å². The van der Waals surface area contributed by atoms with Crippen LogP contribution >= 0.6 is 0 Å². The zero-order valence-electron chi connectivity index (χ0n) is 12.9. The highest BCUT2D eigenvalue weighted by Crippen LogP contribution is 2.26. The molecular formula is C17H19FO6. The molecule has 4 N–H and O–H groups in total. The number of phenolic OH excluding ortho intramolecular Hbond substituents is 1. The lowest BCUT2D eigenvalue weighted by Gasteiger charge is -2.10. The van der Waals surface area contributed by atoms with Crippen LogP contribution in [0.1, 0.15) is 35.2 Å². The number of hydrogen-bond acceptors (Lipinski definition) is 5. The van der Waals surface area contributed by atoms with Crippen molar-refractivity contribution in [2.24, 2.45) is 0 Å². The Morgan fingerprint density at radius 1 is 1.17 bits per heavy atom. The van der Waals surface area contributed by atoms with Crippen LogP contribution in [-0.2, 0) is 9.53 Å². The van der Waals surface area contributed by atoms with Gasteiger partial charge in [0.2, 0.25) is 0 Å². The normalized spacial score (nSPS) is 21.7. The fourth-order valence-electron chi connectivity index (χ4n) is 2.19. The lowest BCUT2D eigenvalue weighted by Crippen LogP contribution is -2.12. The van der Waals surface area contributed by atoms with Gasteiger partial charge in [-0.05, 0) is 31.1 Å². The summed E-state index contributed by atoms with van der Waals surface area (Å²) in [5.74, 6) is -2.16. The van der Waals surface area contributed by atoms with E-state index in [2.05, 4.69) is 0 Å². The second kappa shape index (κ2) is 8.95. The molecule has 0 fully saturated rings. The number of benzene rings is 1. The van der Waals surface area contributed by atoms with Gasteiger partial charge in [-0.25, -0.2) is 9.18 Å². The number of carbonyl (C=O) groups excluding carboxylic acids is 2. The molecule has 1 atom stereocenters. The molecule has 6 nitrogen and oxygen atoms in total. The second-order valence-corrected chi connectivity index (χ2v) is 5.14. The average molecular weight is 338 g/mol. The van der Waals surface area contributed by atoms with E-state index in [0.717, 1.165) is 12.1 Å². The number of ether oxygens (including phenoxy) is 1. The summed E-state index contributed by atoms with van der Waals surface area (Å²) in [5.41, 5.74) is -0.367. The maximum atomic E-state index is 14.0. The van der Waals surface area contributed by atoms with E-state index in [9.17, 15) is 24.2 Å².